The summed E-state index contributed by atoms with van der Waals surface area (Å²) in [7, 11) is 3.36. The highest BCUT2D eigenvalue weighted by molar-refractivity contribution is 5.91. The van der Waals surface area contributed by atoms with E-state index in [-0.39, 0.29) is 12.0 Å². The SMILES string of the molecule is CN(C)C(=O)c1ccc(OC2CCNC2)nn1. The predicted octanol–water partition coefficient (Wildman–Crippen LogP) is -0.0809. The lowest BCUT2D eigenvalue weighted by molar-refractivity contribution is 0.0820. The van der Waals surface area contributed by atoms with Crippen molar-refractivity contribution in [3.05, 3.63) is 17.8 Å². The molecule has 1 unspecified atom stereocenters. The summed E-state index contributed by atoms with van der Waals surface area (Å²) in [5.41, 5.74) is 0.326. The average Bonchev–Trinajstić information content (AvgIpc) is 2.82. The van der Waals surface area contributed by atoms with Crippen molar-refractivity contribution in [3.63, 3.8) is 0 Å². The Morgan fingerprint density at radius 3 is 2.82 bits per heavy atom. The van der Waals surface area contributed by atoms with Gasteiger partial charge in [-0.15, -0.1) is 10.2 Å². The van der Waals surface area contributed by atoms with Crippen LogP contribution in [0.5, 0.6) is 5.88 Å². The quantitative estimate of drug-likeness (QED) is 0.795. The average molecular weight is 236 g/mol. The molecule has 1 aliphatic rings. The molecule has 0 spiro atoms. The lowest BCUT2D eigenvalue weighted by Crippen LogP contribution is -2.24. The van der Waals surface area contributed by atoms with E-state index in [2.05, 4.69) is 15.5 Å². The largest absolute Gasteiger partial charge is 0.472 e. The van der Waals surface area contributed by atoms with E-state index in [9.17, 15) is 4.79 Å². The number of carbonyl (C=O) groups is 1. The number of carbonyl (C=O) groups excluding carboxylic acids is 1. The van der Waals surface area contributed by atoms with Crippen LogP contribution in [0.1, 0.15) is 16.9 Å². The van der Waals surface area contributed by atoms with Crippen molar-refractivity contribution in [2.75, 3.05) is 27.2 Å². The third-order valence-corrected chi connectivity index (χ3v) is 2.57. The maximum atomic E-state index is 11.6. The van der Waals surface area contributed by atoms with Crippen molar-refractivity contribution >= 4 is 5.91 Å². The smallest absolute Gasteiger partial charge is 0.273 e. The van der Waals surface area contributed by atoms with Crippen LogP contribution in [0, 0.1) is 0 Å². The molecule has 6 heteroatoms. The molecule has 1 aliphatic heterocycles. The number of hydrogen-bond donors (Lipinski definition) is 1. The molecule has 0 aromatic carbocycles. The van der Waals surface area contributed by atoms with E-state index in [1.54, 1.807) is 26.2 Å². The number of amides is 1. The molecule has 1 saturated heterocycles. The molecule has 0 radical (unpaired) electrons. The van der Waals surface area contributed by atoms with Crippen molar-refractivity contribution < 1.29 is 9.53 Å². The van der Waals surface area contributed by atoms with E-state index in [0.29, 0.717) is 11.6 Å². The van der Waals surface area contributed by atoms with Crippen LogP contribution >= 0.6 is 0 Å². The molecule has 92 valence electrons. The van der Waals surface area contributed by atoms with Crippen LogP contribution in [-0.4, -0.2) is 54.3 Å². The third-order valence-electron chi connectivity index (χ3n) is 2.57. The summed E-state index contributed by atoms with van der Waals surface area (Å²) < 4.78 is 5.61. The van der Waals surface area contributed by atoms with Gasteiger partial charge in [-0.25, -0.2) is 0 Å². The summed E-state index contributed by atoms with van der Waals surface area (Å²) in [5, 5.41) is 11.0. The predicted molar refractivity (Wildman–Crippen MR) is 62.0 cm³/mol. The van der Waals surface area contributed by atoms with E-state index in [4.69, 9.17) is 4.74 Å². The zero-order valence-corrected chi connectivity index (χ0v) is 10.0. The fourth-order valence-electron chi connectivity index (χ4n) is 1.63. The van der Waals surface area contributed by atoms with Crippen LogP contribution in [0.4, 0.5) is 0 Å². The van der Waals surface area contributed by atoms with Gasteiger partial charge in [0.15, 0.2) is 5.69 Å². The van der Waals surface area contributed by atoms with Gasteiger partial charge in [-0.2, -0.15) is 0 Å². The van der Waals surface area contributed by atoms with Crippen LogP contribution in [0.2, 0.25) is 0 Å². The Morgan fingerprint density at radius 1 is 1.47 bits per heavy atom. The van der Waals surface area contributed by atoms with E-state index in [1.807, 2.05) is 0 Å². The van der Waals surface area contributed by atoms with Crippen molar-refractivity contribution in [1.82, 2.24) is 20.4 Å². The molecule has 0 aliphatic carbocycles. The lowest BCUT2D eigenvalue weighted by atomic mass is 10.3. The second-order valence-corrected chi connectivity index (χ2v) is 4.19. The number of nitrogens with zero attached hydrogens (tertiary/aromatic N) is 3. The van der Waals surface area contributed by atoms with Gasteiger partial charge in [-0.05, 0) is 19.0 Å². The zero-order chi connectivity index (χ0) is 12.3. The topological polar surface area (TPSA) is 67.3 Å². The monoisotopic (exact) mass is 236 g/mol. The van der Waals surface area contributed by atoms with Crippen LogP contribution in [-0.2, 0) is 0 Å². The molecule has 1 aromatic rings. The van der Waals surface area contributed by atoms with E-state index in [0.717, 1.165) is 19.5 Å². The van der Waals surface area contributed by atoms with Gasteiger partial charge in [0, 0.05) is 26.7 Å². The molecule has 2 heterocycles. The number of ether oxygens (including phenoxy) is 1. The van der Waals surface area contributed by atoms with Gasteiger partial charge in [0.1, 0.15) is 6.10 Å². The van der Waals surface area contributed by atoms with Gasteiger partial charge < -0.3 is 15.0 Å². The Kier molecular flexibility index (Phi) is 3.53. The fraction of sp³-hybridized carbons (Fsp3) is 0.545. The first-order valence-electron chi connectivity index (χ1n) is 5.59. The molecule has 17 heavy (non-hydrogen) atoms. The minimum atomic E-state index is -0.161. The molecule has 6 nitrogen and oxygen atoms in total. The second-order valence-electron chi connectivity index (χ2n) is 4.19. The van der Waals surface area contributed by atoms with E-state index >= 15 is 0 Å². The fourth-order valence-corrected chi connectivity index (χ4v) is 1.63. The number of hydrogen-bond acceptors (Lipinski definition) is 5. The molecule has 0 bridgehead atoms. The summed E-state index contributed by atoms with van der Waals surface area (Å²) >= 11 is 0. The Bertz CT molecular complexity index is 385. The van der Waals surface area contributed by atoms with Gasteiger partial charge in [0.2, 0.25) is 5.88 Å². The molecule has 1 fully saturated rings. The second kappa shape index (κ2) is 5.09. The minimum absolute atomic E-state index is 0.153. The number of aromatic nitrogens is 2. The first-order valence-corrected chi connectivity index (χ1v) is 5.59. The van der Waals surface area contributed by atoms with Crippen LogP contribution < -0.4 is 10.1 Å². The third kappa shape index (κ3) is 2.91. The van der Waals surface area contributed by atoms with E-state index < -0.39 is 0 Å². The summed E-state index contributed by atoms with van der Waals surface area (Å²) in [4.78, 5) is 13.0. The van der Waals surface area contributed by atoms with Gasteiger partial charge in [-0.3, -0.25) is 4.79 Å². The zero-order valence-electron chi connectivity index (χ0n) is 10.0. The maximum absolute atomic E-state index is 11.6. The van der Waals surface area contributed by atoms with Gasteiger partial charge >= 0.3 is 0 Å². The van der Waals surface area contributed by atoms with Crippen molar-refractivity contribution in [2.24, 2.45) is 0 Å². The standard InChI is InChI=1S/C11H16N4O2/c1-15(2)11(16)9-3-4-10(14-13-9)17-8-5-6-12-7-8/h3-4,8,12H,5-7H2,1-2H3. The van der Waals surface area contributed by atoms with Crippen molar-refractivity contribution in [3.8, 4) is 5.88 Å². The Labute approximate surface area is 100.0 Å². The molecular formula is C11H16N4O2. The molecule has 1 atom stereocenters. The molecule has 1 aromatic heterocycles. The van der Waals surface area contributed by atoms with Gasteiger partial charge in [0.05, 0.1) is 0 Å². The van der Waals surface area contributed by atoms with Gasteiger partial charge in [0.25, 0.3) is 5.91 Å². The van der Waals surface area contributed by atoms with Gasteiger partial charge in [-0.1, -0.05) is 0 Å². The first-order chi connectivity index (χ1) is 8.16. The lowest BCUT2D eigenvalue weighted by Gasteiger charge is -2.12. The highest BCUT2D eigenvalue weighted by atomic mass is 16.5. The normalized spacial score (nSPS) is 19.1. The highest BCUT2D eigenvalue weighted by Crippen LogP contribution is 2.11. The number of rotatable bonds is 3. The highest BCUT2D eigenvalue weighted by Gasteiger charge is 2.17. The summed E-state index contributed by atoms with van der Waals surface area (Å²) in [6, 6.07) is 3.31. The molecular weight excluding hydrogens is 220 g/mol. The molecule has 0 saturated carbocycles. The summed E-state index contributed by atoms with van der Waals surface area (Å²) in [6.45, 7) is 1.80. The molecule has 2 rings (SSSR count). The Balaban J connectivity index is 1.99. The maximum Gasteiger partial charge on any atom is 0.273 e. The van der Waals surface area contributed by atoms with Crippen LogP contribution in [0.15, 0.2) is 12.1 Å². The van der Waals surface area contributed by atoms with Crippen LogP contribution in [0.3, 0.4) is 0 Å². The van der Waals surface area contributed by atoms with Crippen molar-refractivity contribution in [2.45, 2.75) is 12.5 Å². The number of nitrogens with one attached hydrogen (secondary N) is 1. The Morgan fingerprint density at radius 2 is 2.29 bits per heavy atom. The minimum Gasteiger partial charge on any atom is -0.472 e. The van der Waals surface area contributed by atoms with E-state index in [1.165, 1.54) is 4.90 Å². The first kappa shape index (κ1) is 11.8. The molecule has 1 N–H and O–H groups in total. The summed E-state index contributed by atoms with van der Waals surface area (Å²) in [6.07, 6.45) is 1.12. The summed E-state index contributed by atoms with van der Waals surface area (Å²) in [5.74, 6) is 0.306. The van der Waals surface area contributed by atoms with Crippen LogP contribution in [0.25, 0.3) is 0 Å². The Hall–Kier alpha value is -1.69. The van der Waals surface area contributed by atoms with Crippen molar-refractivity contribution in [1.29, 1.82) is 0 Å². The molecule has 1 amide bonds.